The van der Waals surface area contributed by atoms with Gasteiger partial charge in [0, 0.05) is 20.1 Å². The van der Waals surface area contributed by atoms with Gasteiger partial charge in [-0.2, -0.15) is 0 Å². The molecule has 1 rings (SSSR count). The highest BCUT2D eigenvalue weighted by Gasteiger charge is 2.23. The summed E-state index contributed by atoms with van der Waals surface area (Å²) in [5.41, 5.74) is 5.36. The highest BCUT2D eigenvalue weighted by atomic mass is 16.4. The summed E-state index contributed by atoms with van der Waals surface area (Å²) in [5, 5.41) is 8.67. The highest BCUT2D eigenvalue weighted by Crippen LogP contribution is 2.16. The van der Waals surface area contributed by atoms with Crippen molar-refractivity contribution in [1.29, 1.82) is 0 Å². The van der Waals surface area contributed by atoms with E-state index in [-0.39, 0.29) is 12.3 Å². The fourth-order valence-electron chi connectivity index (χ4n) is 2.34. The van der Waals surface area contributed by atoms with E-state index in [1.807, 2.05) is 0 Å². The maximum Gasteiger partial charge on any atom is 0.321 e. The third kappa shape index (κ3) is 4.62. The lowest BCUT2D eigenvalue weighted by molar-refractivity contribution is -0.142. The average Bonchev–Trinajstić information content (AvgIpc) is 2.28. The third-order valence-corrected chi connectivity index (χ3v) is 3.39. The molecule has 1 heterocycles. The number of carbonyl (C=O) groups excluding carboxylic acids is 1. The summed E-state index contributed by atoms with van der Waals surface area (Å²) in [6, 6.07) is -1.10. The normalized spacial score (nSPS) is 22.5. The molecule has 6 nitrogen and oxygen atoms in total. The van der Waals surface area contributed by atoms with Crippen LogP contribution in [0.25, 0.3) is 0 Å². The van der Waals surface area contributed by atoms with Crippen molar-refractivity contribution in [2.45, 2.75) is 25.3 Å². The van der Waals surface area contributed by atoms with Gasteiger partial charge in [0.2, 0.25) is 5.91 Å². The quantitative estimate of drug-likeness (QED) is 0.699. The van der Waals surface area contributed by atoms with E-state index in [4.69, 9.17) is 10.8 Å². The van der Waals surface area contributed by atoms with Gasteiger partial charge in [0.25, 0.3) is 0 Å². The zero-order valence-electron chi connectivity index (χ0n) is 11.1. The first kappa shape index (κ1) is 14.9. The highest BCUT2D eigenvalue weighted by molar-refractivity contribution is 5.84. The molecule has 0 aromatic rings. The van der Waals surface area contributed by atoms with Crippen molar-refractivity contribution in [3.05, 3.63) is 0 Å². The minimum atomic E-state index is -1.13. The molecule has 1 fully saturated rings. The zero-order valence-corrected chi connectivity index (χ0v) is 11.1. The number of carbonyl (C=O) groups is 2. The van der Waals surface area contributed by atoms with Crippen molar-refractivity contribution in [2.24, 2.45) is 11.7 Å². The van der Waals surface area contributed by atoms with E-state index in [2.05, 4.69) is 11.9 Å². The summed E-state index contributed by atoms with van der Waals surface area (Å²) >= 11 is 0. The van der Waals surface area contributed by atoms with Gasteiger partial charge >= 0.3 is 5.97 Å². The average molecular weight is 257 g/mol. The lowest BCUT2D eigenvalue weighted by Crippen LogP contribution is -2.42. The molecular formula is C12H23N3O3. The van der Waals surface area contributed by atoms with E-state index >= 15 is 0 Å². The lowest BCUT2D eigenvalue weighted by Gasteiger charge is -2.32. The van der Waals surface area contributed by atoms with Gasteiger partial charge in [0.1, 0.15) is 6.04 Å². The molecule has 0 aliphatic carbocycles. The van der Waals surface area contributed by atoms with E-state index < -0.39 is 12.0 Å². The number of hydrogen-bond donors (Lipinski definition) is 2. The summed E-state index contributed by atoms with van der Waals surface area (Å²) in [5.74, 6) is -0.856. The van der Waals surface area contributed by atoms with Crippen molar-refractivity contribution in [3.63, 3.8) is 0 Å². The fraction of sp³-hybridized carbons (Fsp3) is 0.833. The van der Waals surface area contributed by atoms with Crippen molar-refractivity contribution in [2.75, 3.05) is 33.7 Å². The smallest absolute Gasteiger partial charge is 0.321 e. The zero-order chi connectivity index (χ0) is 13.7. The SMILES string of the molecule is CN1CCCC(CN(C)C(=O)CC(N)C(=O)O)C1. The molecule has 1 aliphatic rings. The Morgan fingerprint density at radius 3 is 2.78 bits per heavy atom. The molecule has 0 spiro atoms. The summed E-state index contributed by atoms with van der Waals surface area (Å²) in [6.45, 7) is 2.77. The van der Waals surface area contributed by atoms with Crippen LogP contribution >= 0.6 is 0 Å². The number of hydrogen-bond acceptors (Lipinski definition) is 4. The Hall–Kier alpha value is -1.14. The molecule has 0 aromatic heterocycles. The second-order valence-corrected chi connectivity index (χ2v) is 5.19. The fourth-order valence-corrected chi connectivity index (χ4v) is 2.34. The first-order valence-electron chi connectivity index (χ1n) is 6.31. The Kier molecular flexibility index (Phi) is 5.55. The van der Waals surface area contributed by atoms with Gasteiger partial charge in [-0.3, -0.25) is 9.59 Å². The summed E-state index contributed by atoms with van der Waals surface area (Å²) in [4.78, 5) is 26.2. The largest absolute Gasteiger partial charge is 0.480 e. The molecule has 1 saturated heterocycles. The maximum atomic E-state index is 11.8. The minimum Gasteiger partial charge on any atom is -0.480 e. The lowest BCUT2D eigenvalue weighted by atomic mass is 9.98. The van der Waals surface area contributed by atoms with Crippen molar-refractivity contribution in [1.82, 2.24) is 9.80 Å². The number of piperidine rings is 1. The predicted molar refractivity (Wildman–Crippen MR) is 68.1 cm³/mol. The van der Waals surface area contributed by atoms with Crippen LogP contribution in [0.4, 0.5) is 0 Å². The Balaban J connectivity index is 2.37. The summed E-state index contributed by atoms with van der Waals surface area (Å²) < 4.78 is 0. The van der Waals surface area contributed by atoms with E-state index in [1.165, 1.54) is 0 Å². The Morgan fingerprint density at radius 1 is 1.56 bits per heavy atom. The molecular weight excluding hydrogens is 234 g/mol. The third-order valence-electron chi connectivity index (χ3n) is 3.39. The second-order valence-electron chi connectivity index (χ2n) is 5.19. The van der Waals surface area contributed by atoms with Crippen LogP contribution in [0.3, 0.4) is 0 Å². The number of likely N-dealkylation sites (tertiary alicyclic amines) is 1. The Labute approximate surface area is 108 Å². The summed E-state index contributed by atoms with van der Waals surface area (Å²) in [6.07, 6.45) is 2.14. The van der Waals surface area contributed by atoms with Gasteiger partial charge in [-0.25, -0.2) is 0 Å². The summed E-state index contributed by atoms with van der Waals surface area (Å²) in [7, 11) is 3.79. The minimum absolute atomic E-state index is 0.131. The molecule has 3 N–H and O–H groups in total. The molecule has 2 atom stereocenters. The molecule has 1 amide bonds. The predicted octanol–water partition coefficient (Wildman–Crippen LogP) is -0.411. The van der Waals surface area contributed by atoms with E-state index in [0.29, 0.717) is 12.5 Å². The number of carboxylic acid groups (broad SMARTS) is 1. The molecule has 0 saturated carbocycles. The van der Waals surface area contributed by atoms with Gasteiger partial charge in [-0.15, -0.1) is 0 Å². The van der Waals surface area contributed by atoms with Gasteiger partial charge in [0.15, 0.2) is 0 Å². The van der Waals surface area contributed by atoms with Gasteiger partial charge < -0.3 is 20.6 Å². The Morgan fingerprint density at radius 2 is 2.22 bits per heavy atom. The van der Waals surface area contributed by atoms with Crippen molar-refractivity contribution in [3.8, 4) is 0 Å². The van der Waals surface area contributed by atoms with Crippen molar-refractivity contribution >= 4 is 11.9 Å². The van der Waals surface area contributed by atoms with Crippen LogP contribution in [0.1, 0.15) is 19.3 Å². The van der Waals surface area contributed by atoms with Crippen LogP contribution in [0.15, 0.2) is 0 Å². The van der Waals surface area contributed by atoms with E-state index in [9.17, 15) is 9.59 Å². The van der Waals surface area contributed by atoms with Gasteiger partial charge in [-0.05, 0) is 32.4 Å². The molecule has 2 unspecified atom stereocenters. The number of rotatable bonds is 5. The first-order valence-corrected chi connectivity index (χ1v) is 6.31. The van der Waals surface area contributed by atoms with Crippen LogP contribution < -0.4 is 5.73 Å². The second kappa shape index (κ2) is 6.70. The molecule has 0 aromatic carbocycles. The molecule has 1 aliphatic heterocycles. The van der Waals surface area contributed by atoms with Gasteiger partial charge in [-0.1, -0.05) is 0 Å². The monoisotopic (exact) mass is 257 g/mol. The maximum absolute atomic E-state index is 11.8. The Bertz CT molecular complexity index is 309. The standard InChI is InChI=1S/C12H23N3O3/c1-14-5-3-4-9(7-14)8-15(2)11(16)6-10(13)12(17)18/h9-10H,3-8,13H2,1-2H3,(H,17,18). The molecule has 104 valence electrons. The molecule has 18 heavy (non-hydrogen) atoms. The first-order chi connectivity index (χ1) is 8.40. The number of nitrogens with zero attached hydrogens (tertiary/aromatic N) is 2. The van der Waals surface area contributed by atoms with E-state index in [1.54, 1.807) is 11.9 Å². The molecule has 0 radical (unpaired) electrons. The number of nitrogens with two attached hydrogens (primary N) is 1. The number of aliphatic carboxylic acids is 1. The van der Waals surface area contributed by atoms with Crippen LogP contribution in [0.5, 0.6) is 0 Å². The number of amides is 1. The van der Waals surface area contributed by atoms with E-state index in [0.717, 1.165) is 25.9 Å². The van der Waals surface area contributed by atoms with Crippen molar-refractivity contribution < 1.29 is 14.7 Å². The molecule has 0 bridgehead atoms. The van der Waals surface area contributed by atoms with Crippen LogP contribution in [0, 0.1) is 5.92 Å². The van der Waals surface area contributed by atoms with Crippen LogP contribution in [-0.4, -0.2) is 66.6 Å². The van der Waals surface area contributed by atoms with Gasteiger partial charge in [0.05, 0.1) is 6.42 Å². The number of carboxylic acids is 1. The molecule has 6 heteroatoms. The topological polar surface area (TPSA) is 86.9 Å². The van der Waals surface area contributed by atoms with Crippen LogP contribution in [-0.2, 0) is 9.59 Å². The van der Waals surface area contributed by atoms with Crippen LogP contribution in [0.2, 0.25) is 0 Å².